The number of sulfonamides is 1. The highest BCUT2D eigenvalue weighted by Gasteiger charge is 2.36. The first kappa shape index (κ1) is 18.9. The van der Waals surface area contributed by atoms with Gasteiger partial charge in [-0.05, 0) is 35.6 Å². The van der Waals surface area contributed by atoms with Crippen molar-refractivity contribution in [3.8, 4) is 0 Å². The molecule has 0 aliphatic carbocycles. The van der Waals surface area contributed by atoms with E-state index in [1.165, 1.54) is 6.07 Å². The topological polar surface area (TPSA) is 95.6 Å². The second kappa shape index (κ2) is 7.21. The molecule has 7 nitrogen and oxygen atoms in total. The zero-order chi connectivity index (χ0) is 20.6. The summed E-state index contributed by atoms with van der Waals surface area (Å²) in [6.45, 7) is 1.47. The molecule has 0 fully saturated rings. The van der Waals surface area contributed by atoms with Crippen LogP contribution in [0.15, 0.2) is 65.6 Å². The lowest BCUT2D eigenvalue weighted by Gasteiger charge is -2.18. The molecule has 0 radical (unpaired) electrons. The first-order valence-corrected chi connectivity index (χ1v) is 10.5. The number of amides is 2. The Morgan fingerprint density at radius 3 is 2.34 bits per heavy atom. The number of hydrogen-bond donors (Lipinski definition) is 2. The van der Waals surface area contributed by atoms with Crippen LogP contribution in [0, 0.1) is 6.92 Å². The van der Waals surface area contributed by atoms with Gasteiger partial charge in [-0.2, -0.15) is 0 Å². The highest BCUT2D eigenvalue weighted by molar-refractivity contribution is 7.93. The molecule has 29 heavy (non-hydrogen) atoms. The standard InChI is InChI=1S/C21H19N3O4S/c1-14-6-2-3-7-16(14)12-19(25)22-23-20(26)13-24-17-10-4-8-15-9-5-11-18(21(15)17)29(24,27)28/h2-11H,12-13H2,1H3,(H,22,25)(H,23,26). The Balaban J connectivity index is 1.45. The average Bonchev–Trinajstić information content (AvgIpc) is 2.92. The summed E-state index contributed by atoms with van der Waals surface area (Å²) in [5.41, 5.74) is 6.93. The summed E-state index contributed by atoms with van der Waals surface area (Å²) in [7, 11) is -3.83. The number of carbonyl (C=O) groups is 2. The van der Waals surface area contributed by atoms with E-state index in [-0.39, 0.29) is 17.2 Å². The van der Waals surface area contributed by atoms with E-state index in [0.29, 0.717) is 11.1 Å². The van der Waals surface area contributed by atoms with Gasteiger partial charge in [-0.3, -0.25) is 24.7 Å². The van der Waals surface area contributed by atoms with Crippen molar-refractivity contribution in [2.75, 3.05) is 10.8 Å². The third-order valence-electron chi connectivity index (χ3n) is 4.92. The zero-order valence-corrected chi connectivity index (χ0v) is 16.5. The van der Waals surface area contributed by atoms with E-state index in [4.69, 9.17) is 0 Å². The molecule has 1 aliphatic heterocycles. The van der Waals surface area contributed by atoms with Gasteiger partial charge in [-0.25, -0.2) is 8.42 Å². The molecule has 4 rings (SSSR count). The Bertz CT molecular complexity index is 1230. The fourth-order valence-corrected chi connectivity index (χ4v) is 5.13. The highest BCUT2D eigenvalue weighted by atomic mass is 32.2. The van der Waals surface area contributed by atoms with E-state index >= 15 is 0 Å². The lowest BCUT2D eigenvalue weighted by atomic mass is 10.1. The number of carbonyl (C=O) groups excluding carboxylic acids is 2. The summed E-state index contributed by atoms with van der Waals surface area (Å²) in [5.74, 6) is -1.01. The maximum Gasteiger partial charge on any atom is 0.265 e. The summed E-state index contributed by atoms with van der Waals surface area (Å²) in [6.07, 6.45) is 0.111. The highest BCUT2D eigenvalue weighted by Crippen LogP contribution is 2.41. The number of hydrogen-bond acceptors (Lipinski definition) is 4. The van der Waals surface area contributed by atoms with Crippen molar-refractivity contribution in [2.45, 2.75) is 18.2 Å². The van der Waals surface area contributed by atoms with Crippen LogP contribution in [-0.4, -0.2) is 26.8 Å². The minimum absolute atomic E-state index is 0.111. The number of rotatable bonds is 4. The van der Waals surface area contributed by atoms with Gasteiger partial charge in [0.2, 0.25) is 5.91 Å². The largest absolute Gasteiger partial charge is 0.273 e. The van der Waals surface area contributed by atoms with E-state index in [1.807, 2.05) is 43.3 Å². The normalized spacial score (nSPS) is 14.0. The van der Waals surface area contributed by atoms with Gasteiger partial charge in [0.05, 0.1) is 17.0 Å². The first-order chi connectivity index (χ1) is 13.9. The quantitative estimate of drug-likeness (QED) is 0.645. The molecule has 0 atom stereocenters. The van der Waals surface area contributed by atoms with E-state index in [0.717, 1.165) is 20.8 Å². The SMILES string of the molecule is Cc1ccccc1CC(=O)NNC(=O)CN1c2cccc3cccc(c23)S1(=O)=O. The maximum atomic E-state index is 12.9. The van der Waals surface area contributed by atoms with Gasteiger partial charge in [0.1, 0.15) is 6.54 Å². The Morgan fingerprint density at radius 2 is 1.59 bits per heavy atom. The van der Waals surface area contributed by atoms with Crippen molar-refractivity contribution in [3.63, 3.8) is 0 Å². The van der Waals surface area contributed by atoms with Crippen LogP contribution in [-0.2, 0) is 26.0 Å². The second-order valence-electron chi connectivity index (χ2n) is 6.84. The fourth-order valence-electron chi connectivity index (χ4n) is 3.46. The Hall–Kier alpha value is -3.39. The monoisotopic (exact) mass is 409 g/mol. The molecule has 1 heterocycles. The smallest absolute Gasteiger partial charge is 0.265 e. The van der Waals surface area contributed by atoms with Gasteiger partial charge in [-0.1, -0.05) is 48.5 Å². The fraction of sp³-hybridized carbons (Fsp3) is 0.143. The summed E-state index contributed by atoms with van der Waals surface area (Å²) in [4.78, 5) is 24.6. The van der Waals surface area contributed by atoms with Crippen molar-refractivity contribution < 1.29 is 18.0 Å². The number of anilines is 1. The van der Waals surface area contributed by atoms with Crippen molar-refractivity contribution in [1.29, 1.82) is 0 Å². The third kappa shape index (κ3) is 3.42. The minimum Gasteiger partial charge on any atom is -0.273 e. The molecule has 0 unspecified atom stereocenters. The van der Waals surface area contributed by atoms with Gasteiger partial charge in [0.25, 0.3) is 15.9 Å². The number of benzene rings is 3. The van der Waals surface area contributed by atoms with Crippen molar-refractivity contribution in [1.82, 2.24) is 10.9 Å². The molecule has 2 N–H and O–H groups in total. The van der Waals surface area contributed by atoms with Crippen LogP contribution in [0.25, 0.3) is 10.8 Å². The Labute approximate surface area is 168 Å². The number of hydrazine groups is 1. The molecule has 0 saturated heterocycles. The van der Waals surface area contributed by atoms with Crippen LogP contribution in [0.3, 0.4) is 0 Å². The molecule has 2 amide bonds. The van der Waals surface area contributed by atoms with Crippen LogP contribution in [0.4, 0.5) is 5.69 Å². The van der Waals surface area contributed by atoms with Crippen LogP contribution in [0.1, 0.15) is 11.1 Å². The van der Waals surface area contributed by atoms with E-state index in [1.54, 1.807) is 18.2 Å². The molecular weight excluding hydrogens is 390 g/mol. The maximum absolute atomic E-state index is 12.9. The van der Waals surface area contributed by atoms with E-state index in [2.05, 4.69) is 10.9 Å². The van der Waals surface area contributed by atoms with Gasteiger partial charge in [-0.15, -0.1) is 0 Å². The zero-order valence-electron chi connectivity index (χ0n) is 15.7. The predicted molar refractivity (Wildman–Crippen MR) is 110 cm³/mol. The second-order valence-corrected chi connectivity index (χ2v) is 8.67. The number of aryl methyl sites for hydroxylation is 1. The van der Waals surface area contributed by atoms with E-state index in [9.17, 15) is 18.0 Å². The van der Waals surface area contributed by atoms with Gasteiger partial charge in [0.15, 0.2) is 0 Å². The molecule has 0 bridgehead atoms. The molecule has 3 aromatic rings. The number of nitrogens with one attached hydrogen (secondary N) is 2. The van der Waals surface area contributed by atoms with E-state index < -0.39 is 22.5 Å². The van der Waals surface area contributed by atoms with Crippen LogP contribution in [0.5, 0.6) is 0 Å². The average molecular weight is 409 g/mol. The molecule has 0 aromatic heterocycles. The van der Waals surface area contributed by atoms with Gasteiger partial charge in [0, 0.05) is 5.39 Å². The summed E-state index contributed by atoms with van der Waals surface area (Å²) >= 11 is 0. The van der Waals surface area contributed by atoms with Crippen LogP contribution < -0.4 is 15.2 Å². The third-order valence-corrected chi connectivity index (χ3v) is 6.72. The van der Waals surface area contributed by atoms with Crippen molar-refractivity contribution >= 4 is 38.3 Å². The summed E-state index contributed by atoms with van der Waals surface area (Å²) < 4.78 is 26.8. The molecule has 1 aliphatic rings. The molecule has 0 saturated carbocycles. The molecule has 3 aromatic carbocycles. The Kier molecular flexibility index (Phi) is 4.71. The van der Waals surface area contributed by atoms with Gasteiger partial charge < -0.3 is 0 Å². The minimum atomic E-state index is -3.83. The Morgan fingerprint density at radius 1 is 0.897 bits per heavy atom. The molecule has 148 valence electrons. The van der Waals surface area contributed by atoms with Crippen LogP contribution in [0.2, 0.25) is 0 Å². The molecule has 0 spiro atoms. The summed E-state index contributed by atoms with van der Waals surface area (Å²) in [6, 6.07) is 17.7. The summed E-state index contributed by atoms with van der Waals surface area (Å²) in [5, 5.41) is 1.39. The molecule has 8 heteroatoms. The van der Waals surface area contributed by atoms with Crippen molar-refractivity contribution in [3.05, 3.63) is 71.8 Å². The lowest BCUT2D eigenvalue weighted by molar-refractivity contribution is -0.127. The molecular formula is C21H19N3O4S. The van der Waals surface area contributed by atoms with Gasteiger partial charge >= 0.3 is 0 Å². The van der Waals surface area contributed by atoms with Crippen LogP contribution >= 0.6 is 0 Å². The first-order valence-electron chi connectivity index (χ1n) is 9.04. The van der Waals surface area contributed by atoms with Crippen molar-refractivity contribution in [2.24, 2.45) is 0 Å². The lowest BCUT2D eigenvalue weighted by Crippen LogP contribution is -2.47. The number of nitrogens with zero attached hydrogens (tertiary/aromatic N) is 1. The predicted octanol–water partition coefficient (Wildman–Crippen LogP) is 2.05.